The second-order valence-electron chi connectivity index (χ2n) is 8.28. The average Bonchev–Trinajstić information content (AvgIpc) is 2.93. The second kappa shape index (κ2) is 12.8. The van der Waals surface area contributed by atoms with Crippen molar-refractivity contribution in [3.05, 3.63) is 90.5 Å². The third-order valence-corrected chi connectivity index (χ3v) is 5.92. The van der Waals surface area contributed by atoms with Crippen LogP contribution in [0.3, 0.4) is 0 Å². The lowest BCUT2D eigenvalue weighted by atomic mass is 10.0. The zero-order chi connectivity index (χ0) is 24.3. The van der Waals surface area contributed by atoms with Crippen molar-refractivity contribution >= 4 is 18.6 Å². The highest BCUT2D eigenvalue weighted by Gasteiger charge is 2.12. The Labute approximate surface area is 212 Å². The van der Waals surface area contributed by atoms with Gasteiger partial charge in [0, 0.05) is 16.7 Å². The SMILES string of the molecule is O=C(CS)OCCCCCCc1ccc(-c2nc(-c3ccccc3)nc(-c3ccccc3)n2)cc1. The summed E-state index contributed by atoms with van der Waals surface area (Å²) < 4.78 is 5.05. The van der Waals surface area contributed by atoms with E-state index in [1.54, 1.807) is 0 Å². The number of ether oxygens (including phenoxy) is 1. The number of hydrogen-bond acceptors (Lipinski definition) is 6. The first-order chi connectivity index (χ1) is 17.2. The maximum atomic E-state index is 11.1. The van der Waals surface area contributed by atoms with Gasteiger partial charge in [-0.25, -0.2) is 15.0 Å². The van der Waals surface area contributed by atoms with Crippen LogP contribution in [-0.2, 0) is 16.0 Å². The molecule has 0 unspecified atom stereocenters. The minimum atomic E-state index is -0.252. The van der Waals surface area contributed by atoms with Gasteiger partial charge in [0.2, 0.25) is 0 Å². The summed E-state index contributed by atoms with van der Waals surface area (Å²) in [6.45, 7) is 0.482. The molecule has 178 valence electrons. The van der Waals surface area contributed by atoms with Crippen molar-refractivity contribution in [3.63, 3.8) is 0 Å². The molecular formula is C29H29N3O2S. The summed E-state index contributed by atoms with van der Waals surface area (Å²) in [5.74, 6) is 1.89. The standard InChI is InChI=1S/C29H29N3O2S/c33-26(21-35)34-20-10-2-1-5-11-22-16-18-25(19-17-22)29-31-27(23-12-6-3-7-13-23)30-28(32-29)24-14-8-4-9-15-24/h3-4,6-9,12-19,35H,1-2,5,10-11,20-21H2. The molecule has 1 heterocycles. The van der Waals surface area contributed by atoms with Crippen molar-refractivity contribution in [3.8, 4) is 34.2 Å². The van der Waals surface area contributed by atoms with Gasteiger partial charge < -0.3 is 4.74 Å². The van der Waals surface area contributed by atoms with E-state index in [1.165, 1.54) is 5.56 Å². The van der Waals surface area contributed by atoms with E-state index in [1.807, 2.05) is 60.7 Å². The van der Waals surface area contributed by atoms with Crippen LogP contribution in [0.25, 0.3) is 34.2 Å². The van der Waals surface area contributed by atoms with Crippen molar-refractivity contribution in [1.82, 2.24) is 15.0 Å². The summed E-state index contributed by atoms with van der Waals surface area (Å²) >= 11 is 3.90. The van der Waals surface area contributed by atoms with Crippen LogP contribution >= 0.6 is 12.6 Å². The Morgan fingerprint density at radius 1 is 0.629 bits per heavy atom. The average molecular weight is 484 g/mol. The molecule has 0 amide bonds. The number of aromatic nitrogens is 3. The first-order valence-electron chi connectivity index (χ1n) is 12.0. The fourth-order valence-corrected chi connectivity index (χ4v) is 3.87. The van der Waals surface area contributed by atoms with Gasteiger partial charge in [0.1, 0.15) is 0 Å². The molecule has 5 nitrogen and oxygen atoms in total. The molecule has 0 bridgehead atoms. The lowest BCUT2D eigenvalue weighted by Crippen LogP contribution is -2.06. The summed E-state index contributed by atoms with van der Waals surface area (Å²) in [6.07, 6.45) is 5.16. The summed E-state index contributed by atoms with van der Waals surface area (Å²) in [6, 6.07) is 28.5. The zero-order valence-corrected chi connectivity index (χ0v) is 20.5. The van der Waals surface area contributed by atoms with Crippen LogP contribution in [0.2, 0.25) is 0 Å². The van der Waals surface area contributed by atoms with Gasteiger partial charge in [0.25, 0.3) is 0 Å². The molecule has 4 aromatic rings. The Morgan fingerprint density at radius 3 is 1.63 bits per heavy atom. The van der Waals surface area contributed by atoms with E-state index in [9.17, 15) is 4.79 Å². The minimum Gasteiger partial charge on any atom is -0.465 e. The maximum Gasteiger partial charge on any atom is 0.315 e. The Kier molecular flexibility index (Phi) is 9.01. The molecule has 1 aromatic heterocycles. The molecule has 0 atom stereocenters. The van der Waals surface area contributed by atoms with E-state index in [2.05, 4.69) is 36.9 Å². The fourth-order valence-electron chi connectivity index (χ4n) is 3.77. The largest absolute Gasteiger partial charge is 0.465 e. The number of nitrogens with zero attached hydrogens (tertiary/aromatic N) is 3. The third-order valence-electron chi connectivity index (χ3n) is 5.66. The molecule has 4 rings (SSSR count). The lowest BCUT2D eigenvalue weighted by Gasteiger charge is -2.09. The molecular weight excluding hydrogens is 454 g/mol. The summed E-state index contributed by atoms with van der Waals surface area (Å²) in [5, 5.41) is 0. The number of thiol groups is 1. The molecule has 0 aliphatic heterocycles. The monoisotopic (exact) mass is 483 g/mol. The third kappa shape index (κ3) is 7.23. The Morgan fingerprint density at radius 2 is 1.11 bits per heavy atom. The number of unbranched alkanes of at least 4 members (excludes halogenated alkanes) is 3. The van der Waals surface area contributed by atoms with E-state index < -0.39 is 0 Å². The van der Waals surface area contributed by atoms with Gasteiger partial charge in [0.05, 0.1) is 12.4 Å². The van der Waals surface area contributed by atoms with Crippen molar-refractivity contribution in [2.75, 3.05) is 12.4 Å². The molecule has 0 aliphatic carbocycles. The van der Waals surface area contributed by atoms with Crippen LogP contribution in [0, 0.1) is 0 Å². The molecule has 6 heteroatoms. The van der Waals surface area contributed by atoms with E-state index in [0.717, 1.165) is 48.8 Å². The Hall–Kier alpha value is -3.51. The zero-order valence-electron chi connectivity index (χ0n) is 19.6. The van der Waals surface area contributed by atoms with Crippen LogP contribution in [0.5, 0.6) is 0 Å². The number of benzene rings is 3. The van der Waals surface area contributed by atoms with E-state index in [0.29, 0.717) is 24.1 Å². The molecule has 0 fully saturated rings. The van der Waals surface area contributed by atoms with Gasteiger partial charge in [-0.2, -0.15) is 12.6 Å². The highest BCUT2D eigenvalue weighted by molar-refractivity contribution is 7.81. The lowest BCUT2D eigenvalue weighted by molar-refractivity contribution is -0.140. The van der Waals surface area contributed by atoms with Crippen LogP contribution in [-0.4, -0.2) is 33.3 Å². The van der Waals surface area contributed by atoms with Gasteiger partial charge in [-0.15, -0.1) is 0 Å². The Bertz CT molecular complexity index is 1160. The smallest absolute Gasteiger partial charge is 0.315 e. The molecule has 3 aromatic carbocycles. The van der Waals surface area contributed by atoms with Crippen LogP contribution in [0.1, 0.15) is 31.2 Å². The summed E-state index contributed by atoms with van der Waals surface area (Å²) in [4.78, 5) is 25.4. The number of carbonyl (C=O) groups excluding carboxylic acids is 1. The molecule has 0 N–H and O–H groups in total. The molecule has 0 saturated carbocycles. The summed E-state index contributed by atoms with van der Waals surface area (Å²) in [7, 11) is 0. The van der Waals surface area contributed by atoms with E-state index in [4.69, 9.17) is 19.7 Å². The quantitative estimate of drug-likeness (QED) is 0.151. The van der Waals surface area contributed by atoms with Crippen molar-refractivity contribution in [2.24, 2.45) is 0 Å². The van der Waals surface area contributed by atoms with Crippen LogP contribution in [0.4, 0.5) is 0 Å². The normalized spacial score (nSPS) is 10.8. The van der Waals surface area contributed by atoms with Crippen molar-refractivity contribution < 1.29 is 9.53 Å². The minimum absolute atomic E-state index is 0.141. The van der Waals surface area contributed by atoms with E-state index >= 15 is 0 Å². The maximum absolute atomic E-state index is 11.1. The highest BCUT2D eigenvalue weighted by atomic mass is 32.1. The molecule has 0 spiro atoms. The highest BCUT2D eigenvalue weighted by Crippen LogP contribution is 2.25. The van der Waals surface area contributed by atoms with Crippen LogP contribution in [0.15, 0.2) is 84.9 Å². The molecule has 35 heavy (non-hydrogen) atoms. The number of rotatable bonds is 11. The van der Waals surface area contributed by atoms with Gasteiger partial charge in [-0.3, -0.25) is 4.79 Å². The number of hydrogen-bond donors (Lipinski definition) is 1. The number of esters is 1. The van der Waals surface area contributed by atoms with Gasteiger partial charge in [-0.1, -0.05) is 97.8 Å². The fraction of sp³-hybridized carbons (Fsp3) is 0.241. The molecule has 0 aliphatic rings. The topological polar surface area (TPSA) is 65.0 Å². The predicted octanol–water partition coefficient (Wildman–Crippen LogP) is 6.45. The Balaban J connectivity index is 1.43. The van der Waals surface area contributed by atoms with E-state index in [-0.39, 0.29) is 11.7 Å². The summed E-state index contributed by atoms with van der Waals surface area (Å²) in [5.41, 5.74) is 4.18. The molecule has 0 radical (unpaired) electrons. The second-order valence-corrected chi connectivity index (χ2v) is 8.59. The van der Waals surface area contributed by atoms with Crippen molar-refractivity contribution in [2.45, 2.75) is 32.1 Å². The van der Waals surface area contributed by atoms with Gasteiger partial charge in [0.15, 0.2) is 17.5 Å². The molecule has 0 saturated heterocycles. The first-order valence-corrected chi connectivity index (χ1v) is 12.6. The van der Waals surface area contributed by atoms with Crippen LogP contribution < -0.4 is 0 Å². The first kappa shape index (κ1) is 24.6. The van der Waals surface area contributed by atoms with Crippen molar-refractivity contribution in [1.29, 1.82) is 0 Å². The van der Waals surface area contributed by atoms with Gasteiger partial charge in [-0.05, 0) is 24.8 Å². The predicted molar refractivity (Wildman–Crippen MR) is 143 cm³/mol. The van der Waals surface area contributed by atoms with Gasteiger partial charge >= 0.3 is 5.97 Å². The number of carbonyl (C=O) groups is 1. The number of aryl methyl sites for hydroxylation is 1.